The Kier molecular flexibility index (Phi) is 8.06. The molecule has 2 aromatic heterocycles. The highest BCUT2D eigenvalue weighted by Gasteiger charge is 2.29. The van der Waals surface area contributed by atoms with Crippen molar-refractivity contribution in [2.24, 2.45) is 0 Å². The lowest BCUT2D eigenvalue weighted by Crippen LogP contribution is -2.37. The van der Waals surface area contributed by atoms with E-state index >= 15 is 0 Å². The van der Waals surface area contributed by atoms with Gasteiger partial charge in [0, 0.05) is 13.2 Å². The van der Waals surface area contributed by atoms with Gasteiger partial charge in [0.15, 0.2) is 0 Å². The van der Waals surface area contributed by atoms with E-state index in [1.165, 1.54) is 11.3 Å². The summed E-state index contributed by atoms with van der Waals surface area (Å²) in [5.74, 6) is -0.231. The summed E-state index contributed by atoms with van der Waals surface area (Å²) in [6.07, 6.45) is 3.43. The minimum absolute atomic E-state index is 0.0141. The number of aromatic nitrogens is 2. The van der Waals surface area contributed by atoms with Gasteiger partial charge in [-0.15, -0.1) is 11.3 Å². The molecule has 9 heteroatoms. The molecule has 1 unspecified atom stereocenters. The van der Waals surface area contributed by atoms with E-state index < -0.39 is 9.84 Å². The summed E-state index contributed by atoms with van der Waals surface area (Å²) in [7, 11) is -3.76. The van der Waals surface area contributed by atoms with Crippen molar-refractivity contribution in [3.8, 4) is 0 Å². The quantitative estimate of drug-likeness (QED) is 0.275. The molecule has 1 aliphatic rings. The van der Waals surface area contributed by atoms with Crippen LogP contribution < -0.4 is 0 Å². The van der Waals surface area contributed by atoms with E-state index in [0.717, 1.165) is 29.5 Å². The topological polar surface area (TPSA) is 81.5 Å². The fraction of sp³-hybridized carbons (Fsp3) is 0.310. The SMILES string of the molecule is Cc1ccccc1CS(=O)(=O)c1ncc(CN(CC2CCCO2)C(=O)c2cccs2)n1Cc1ccccc1. The molecule has 38 heavy (non-hydrogen) atoms. The molecular formula is C29H31N3O4S2. The second-order valence-electron chi connectivity index (χ2n) is 9.59. The summed E-state index contributed by atoms with van der Waals surface area (Å²) in [5.41, 5.74) is 3.28. The second-order valence-corrected chi connectivity index (χ2v) is 12.4. The first-order valence-electron chi connectivity index (χ1n) is 12.7. The molecule has 0 aliphatic carbocycles. The number of hydrogen-bond acceptors (Lipinski definition) is 6. The zero-order valence-corrected chi connectivity index (χ0v) is 23.0. The van der Waals surface area contributed by atoms with Crippen molar-refractivity contribution in [1.29, 1.82) is 0 Å². The number of rotatable bonds is 10. The molecule has 0 saturated carbocycles. The maximum atomic E-state index is 13.7. The molecule has 0 bridgehead atoms. The Bertz CT molecular complexity index is 1480. The number of carbonyl (C=O) groups is 1. The number of nitrogens with zero attached hydrogens (tertiary/aromatic N) is 3. The molecule has 0 N–H and O–H groups in total. The first kappa shape index (κ1) is 26.3. The van der Waals surface area contributed by atoms with Gasteiger partial charge < -0.3 is 14.2 Å². The Morgan fingerprint density at radius 2 is 1.89 bits per heavy atom. The number of amides is 1. The number of carbonyl (C=O) groups excluding carboxylic acids is 1. The largest absolute Gasteiger partial charge is 0.376 e. The number of benzene rings is 2. The van der Waals surface area contributed by atoms with Crippen molar-refractivity contribution in [1.82, 2.24) is 14.5 Å². The van der Waals surface area contributed by atoms with Gasteiger partial charge in [0.25, 0.3) is 5.91 Å². The first-order valence-corrected chi connectivity index (χ1v) is 15.2. The number of imidazole rings is 1. The van der Waals surface area contributed by atoms with Crippen molar-refractivity contribution in [3.63, 3.8) is 0 Å². The monoisotopic (exact) mass is 549 g/mol. The van der Waals surface area contributed by atoms with Crippen LogP contribution in [0.25, 0.3) is 0 Å². The number of thiophene rings is 1. The van der Waals surface area contributed by atoms with Crippen molar-refractivity contribution in [2.45, 2.75) is 49.9 Å². The van der Waals surface area contributed by atoms with Crippen LogP contribution in [0.4, 0.5) is 0 Å². The summed E-state index contributed by atoms with van der Waals surface area (Å²) in [6, 6.07) is 20.9. The van der Waals surface area contributed by atoms with Crippen molar-refractivity contribution < 1.29 is 17.9 Å². The molecule has 198 valence electrons. The predicted molar refractivity (Wildman–Crippen MR) is 148 cm³/mol. The fourth-order valence-corrected chi connectivity index (χ4v) is 7.03. The molecule has 0 spiro atoms. The molecule has 1 saturated heterocycles. The number of sulfone groups is 1. The average molecular weight is 550 g/mol. The lowest BCUT2D eigenvalue weighted by atomic mass is 10.1. The first-order chi connectivity index (χ1) is 18.4. The fourth-order valence-electron chi connectivity index (χ4n) is 4.75. The maximum absolute atomic E-state index is 13.7. The van der Waals surface area contributed by atoms with Gasteiger partial charge in [-0.3, -0.25) is 4.79 Å². The van der Waals surface area contributed by atoms with E-state index in [-0.39, 0.29) is 29.5 Å². The van der Waals surface area contributed by atoms with Crippen LogP contribution in [0.1, 0.15) is 44.9 Å². The van der Waals surface area contributed by atoms with Crippen molar-refractivity contribution in [2.75, 3.05) is 13.2 Å². The smallest absolute Gasteiger partial charge is 0.264 e. The lowest BCUT2D eigenvalue weighted by molar-refractivity contribution is 0.0505. The van der Waals surface area contributed by atoms with Crippen molar-refractivity contribution in [3.05, 3.63) is 106 Å². The van der Waals surface area contributed by atoms with E-state index in [1.54, 1.807) is 15.7 Å². The van der Waals surface area contributed by atoms with Gasteiger partial charge in [-0.25, -0.2) is 13.4 Å². The molecule has 1 atom stereocenters. The van der Waals surface area contributed by atoms with Crippen LogP contribution >= 0.6 is 11.3 Å². The summed E-state index contributed by atoms with van der Waals surface area (Å²) in [5, 5.41) is 1.90. The van der Waals surface area contributed by atoms with E-state index in [0.29, 0.717) is 30.3 Å². The molecular weight excluding hydrogens is 518 g/mol. The Morgan fingerprint density at radius 1 is 1.11 bits per heavy atom. The number of ether oxygens (including phenoxy) is 1. The third-order valence-electron chi connectivity index (χ3n) is 6.79. The van der Waals surface area contributed by atoms with Crippen LogP contribution in [-0.4, -0.2) is 48.0 Å². The molecule has 3 heterocycles. The highest BCUT2D eigenvalue weighted by molar-refractivity contribution is 7.90. The maximum Gasteiger partial charge on any atom is 0.264 e. The van der Waals surface area contributed by atoms with E-state index in [2.05, 4.69) is 4.98 Å². The van der Waals surface area contributed by atoms with Crippen LogP contribution in [0.2, 0.25) is 0 Å². The Morgan fingerprint density at radius 3 is 2.61 bits per heavy atom. The Labute approximate surface area is 227 Å². The summed E-state index contributed by atoms with van der Waals surface area (Å²) >= 11 is 1.40. The summed E-state index contributed by atoms with van der Waals surface area (Å²) < 4.78 is 34.9. The minimum atomic E-state index is -3.76. The lowest BCUT2D eigenvalue weighted by Gasteiger charge is -2.26. The summed E-state index contributed by atoms with van der Waals surface area (Å²) in [6.45, 7) is 3.61. The van der Waals surface area contributed by atoms with Gasteiger partial charge >= 0.3 is 0 Å². The van der Waals surface area contributed by atoms with Crippen LogP contribution in [0, 0.1) is 6.92 Å². The number of aryl methyl sites for hydroxylation is 1. The molecule has 0 radical (unpaired) electrons. The van der Waals surface area contributed by atoms with Crippen molar-refractivity contribution >= 4 is 27.1 Å². The molecule has 4 aromatic rings. The predicted octanol–water partition coefficient (Wildman–Crippen LogP) is 5.10. The second kappa shape index (κ2) is 11.6. The zero-order chi connectivity index (χ0) is 26.5. The van der Waals surface area contributed by atoms with E-state index in [9.17, 15) is 13.2 Å². The van der Waals surface area contributed by atoms with Gasteiger partial charge in [0.2, 0.25) is 15.0 Å². The van der Waals surface area contributed by atoms with Crippen LogP contribution in [-0.2, 0) is 33.4 Å². The van der Waals surface area contributed by atoms with Gasteiger partial charge in [-0.2, -0.15) is 0 Å². The molecule has 5 rings (SSSR count). The zero-order valence-electron chi connectivity index (χ0n) is 21.3. The standard InChI is InChI=1S/C29H31N3O4S2/c1-22-9-5-6-12-24(22)21-38(34,35)29-30-17-25(32(29)18-23-10-3-2-4-11-23)19-31(20-26-13-7-15-36-26)28(33)27-14-8-16-37-27/h2-6,8-12,14,16-17,26H,7,13,15,18-21H2,1H3. The van der Waals surface area contributed by atoms with Crippen LogP contribution in [0.3, 0.4) is 0 Å². The van der Waals surface area contributed by atoms with Gasteiger partial charge in [-0.05, 0) is 47.9 Å². The average Bonchev–Trinajstić information content (AvgIpc) is 3.69. The van der Waals surface area contributed by atoms with Crippen LogP contribution in [0.5, 0.6) is 0 Å². The Balaban J connectivity index is 1.51. The van der Waals surface area contributed by atoms with Crippen LogP contribution in [0.15, 0.2) is 83.5 Å². The molecule has 1 aliphatic heterocycles. The molecule has 1 fully saturated rings. The van der Waals surface area contributed by atoms with E-state index in [4.69, 9.17) is 4.74 Å². The van der Waals surface area contributed by atoms with Gasteiger partial charge in [0.1, 0.15) is 0 Å². The highest BCUT2D eigenvalue weighted by atomic mass is 32.2. The molecule has 1 amide bonds. The normalized spacial score (nSPS) is 15.6. The Hall–Kier alpha value is -3.27. The third kappa shape index (κ3) is 6.06. The molecule has 2 aromatic carbocycles. The number of hydrogen-bond donors (Lipinski definition) is 0. The van der Waals surface area contributed by atoms with Gasteiger partial charge in [0.05, 0.1) is 41.7 Å². The third-order valence-corrected chi connectivity index (χ3v) is 9.22. The van der Waals surface area contributed by atoms with Gasteiger partial charge in [-0.1, -0.05) is 60.7 Å². The summed E-state index contributed by atoms with van der Waals surface area (Å²) in [4.78, 5) is 20.3. The molecule has 7 nitrogen and oxygen atoms in total. The highest BCUT2D eigenvalue weighted by Crippen LogP contribution is 2.24. The van der Waals surface area contributed by atoms with E-state index in [1.807, 2.05) is 79.0 Å². The minimum Gasteiger partial charge on any atom is -0.376 e.